The average Bonchev–Trinajstić information content (AvgIpc) is 1.83. The molecule has 0 aliphatic heterocycles. The summed E-state index contributed by atoms with van der Waals surface area (Å²) in [6.45, 7) is 2.24. The van der Waals surface area contributed by atoms with Crippen molar-refractivity contribution >= 4 is 0 Å². The largest absolute Gasteiger partial charge is 0.396 e. The van der Waals surface area contributed by atoms with Gasteiger partial charge in [-0.25, -0.2) is 0 Å². The Morgan fingerprint density at radius 1 is 1.75 bits per heavy atom. The Bertz CT molecular complexity index is 80.9. The predicted molar refractivity (Wildman–Crippen MR) is 34.3 cm³/mol. The first-order valence-corrected chi connectivity index (χ1v) is 2.85. The average molecular weight is 112 g/mol. The molecule has 1 heteroatoms. The maximum Gasteiger partial charge on any atom is 0.0456 e. The van der Waals surface area contributed by atoms with Crippen molar-refractivity contribution < 1.29 is 5.11 Å². The summed E-state index contributed by atoms with van der Waals surface area (Å²) in [5.74, 6) is 2.89. The molecule has 0 aromatic heterocycles. The van der Waals surface area contributed by atoms with Crippen LogP contribution >= 0.6 is 0 Å². The summed E-state index contributed by atoms with van der Waals surface area (Å²) >= 11 is 0. The highest BCUT2D eigenvalue weighted by Crippen LogP contribution is 2.01. The fourth-order valence-electron chi connectivity index (χ4n) is 0.421. The number of rotatable bonds is 3. The summed E-state index contributed by atoms with van der Waals surface area (Å²) in [7, 11) is 0. The van der Waals surface area contributed by atoms with Gasteiger partial charge in [0, 0.05) is 13.0 Å². The van der Waals surface area contributed by atoms with Crippen LogP contribution in [0, 0.1) is 18.3 Å². The molecule has 0 aliphatic carbocycles. The van der Waals surface area contributed by atoms with Crippen LogP contribution in [-0.2, 0) is 0 Å². The molecule has 0 fully saturated rings. The van der Waals surface area contributed by atoms with E-state index in [-0.39, 0.29) is 6.61 Å². The molecule has 0 aromatic carbocycles. The van der Waals surface area contributed by atoms with Crippen molar-refractivity contribution in [1.82, 2.24) is 0 Å². The number of aliphatic hydroxyl groups is 1. The highest BCUT2D eigenvalue weighted by atomic mass is 16.3. The molecule has 8 heavy (non-hydrogen) atoms. The monoisotopic (exact) mass is 112 g/mol. The molecule has 1 nitrogen and oxygen atoms in total. The fraction of sp³-hybridized carbons (Fsp3) is 0.714. The topological polar surface area (TPSA) is 20.2 Å². The zero-order chi connectivity index (χ0) is 6.41. The van der Waals surface area contributed by atoms with Gasteiger partial charge in [-0.3, -0.25) is 0 Å². The third kappa shape index (κ3) is 3.70. The normalized spacial score (nSPS) is 12.6. The minimum atomic E-state index is 0.252. The van der Waals surface area contributed by atoms with Gasteiger partial charge in [0.2, 0.25) is 0 Å². The molecule has 1 N–H and O–H groups in total. The van der Waals surface area contributed by atoms with Crippen molar-refractivity contribution in [3.05, 3.63) is 0 Å². The summed E-state index contributed by atoms with van der Waals surface area (Å²) < 4.78 is 0. The summed E-state index contributed by atoms with van der Waals surface area (Å²) in [6, 6.07) is 0. The van der Waals surface area contributed by atoms with Crippen LogP contribution in [0.5, 0.6) is 0 Å². The molecule has 0 amide bonds. The van der Waals surface area contributed by atoms with E-state index < -0.39 is 0 Å². The van der Waals surface area contributed by atoms with Crippen LogP contribution in [0.15, 0.2) is 0 Å². The first-order valence-electron chi connectivity index (χ1n) is 2.85. The molecule has 0 saturated carbocycles. The third-order valence-corrected chi connectivity index (χ3v) is 1.09. The lowest BCUT2D eigenvalue weighted by molar-refractivity contribution is 0.231. The second-order valence-electron chi connectivity index (χ2n) is 2.03. The fourth-order valence-corrected chi connectivity index (χ4v) is 0.421. The van der Waals surface area contributed by atoms with Crippen molar-refractivity contribution in [2.45, 2.75) is 19.8 Å². The standard InChI is InChI=1S/C7H12O/c1-3-4-5-7(2)6-8/h1,7-8H,4-6H2,2H3. The lowest BCUT2D eigenvalue weighted by Crippen LogP contribution is -1.98. The molecular weight excluding hydrogens is 100 g/mol. The van der Waals surface area contributed by atoms with Crippen LogP contribution in [0.25, 0.3) is 0 Å². The quantitative estimate of drug-likeness (QED) is 0.540. The molecule has 0 saturated heterocycles. The van der Waals surface area contributed by atoms with Gasteiger partial charge >= 0.3 is 0 Å². The first-order chi connectivity index (χ1) is 3.81. The number of aliphatic hydroxyl groups excluding tert-OH is 1. The lowest BCUT2D eigenvalue weighted by Gasteiger charge is -2.01. The minimum Gasteiger partial charge on any atom is -0.396 e. The van der Waals surface area contributed by atoms with E-state index in [1.807, 2.05) is 6.92 Å². The van der Waals surface area contributed by atoms with Crippen molar-refractivity contribution in [1.29, 1.82) is 0 Å². The molecular formula is C7H12O. The molecule has 1 unspecified atom stereocenters. The highest BCUT2D eigenvalue weighted by Gasteiger charge is 1.95. The number of terminal acetylenes is 1. The molecule has 0 spiro atoms. The zero-order valence-corrected chi connectivity index (χ0v) is 5.22. The van der Waals surface area contributed by atoms with Crippen LogP contribution in [0.3, 0.4) is 0 Å². The molecule has 0 aliphatic rings. The summed E-state index contributed by atoms with van der Waals surface area (Å²) in [5.41, 5.74) is 0. The molecule has 0 radical (unpaired) electrons. The molecule has 1 atom stereocenters. The van der Waals surface area contributed by atoms with Crippen LogP contribution in [0.4, 0.5) is 0 Å². The Balaban J connectivity index is 3.01. The Kier molecular flexibility index (Phi) is 4.39. The molecule has 46 valence electrons. The second kappa shape index (κ2) is 4.67. The van der Waals surface area contributed by atoms with Gasteiger partial charge in [-0.05, 0) is 12.3 Å². The van der Waals surface area contributed by atoms with E-state index in [9.17, 15) is 0 Å². The van der Waals surface area contributed by atoms with Crippen molar-refractivity contribution in [2.24, 2.45) is 5.92 Å². The van der Waals surface area contributed by atoms with Gasteiger partial charge in [0.15, 0.2) is 0 Å². The van der Waals surface area contributed by atoms with Gasteiger partial charge in [0.1, 0.15) is 0 Å². The number of hydrogen-bond donors (Lipinski definition) is 1. The van der Waals surface area contributed by atoms with Gasteiger partial charge in [-0.15, -0.1) is 12.3 Å². The Hall–Kier alpha value is -0.480. The van der Waals surface area contributed by atoms with Crippen molar-refractivity contribution in [3.8, 4) is 12.3 Å². The van der Waals surface area contributed by atoms with E-state index >= 15 is 0 Å². The maximum atomic E-state index is 8.49. The van der Waals surface area contributed by atoms with E-state index in [2.05, 4.69) is 5.92 Å². The Morgan fingerprint density at radius 3 is 2.75 bits per heavy atom. The molecule has 0 bridgehead atoms. The predicted octanol–water partition coefficient (Wildman–Crippen LogP) is 1.03. The van der Waals surface area contributed by atoms with Gasteiger partial charge in [-0.2, -0.15) is 0 Å². The highest BCUT2D eigenvalue weighted by molar-refractivity contribution is 4.83. The van der Waals surface area contributed by atoms with E-state index in [0.29, 0.717) is 5.92 Å². The van der Waals surface area contributed by atoms with Gasteiger partial charge in [-0.1, -0.05) is 6.92 Å². The van der Waals surface area contributed by atoms with E-state index in [1.165, 1.54) is 0 Å². The molecule has 0 aromatic rings. The van der Waals surface area contributed by atoms with E-state index in [4.69, 9.17) is 11.5 Å². The SMILES string of the molecule is C#CCCC(C)CO. The van der Waals surface area contributed by atoms with Gasteiger partial charge < -0.3 is 5.11 Å². The van der Waals surface area contributed by atoms with Crippen molar-refractivity contribution in [2.75, 3.05) is 6.61 Å². The molecule has 0 heterocycles. The van der Waals surface area contributed by atoms with Crippen molar-refractivity contribution in [3.63, 3.8) is 0 Å². The molecule has 0 rings (SSSR count). The second-order valence-corrected chi connectivity index (χ2v) is 2.03. The third-order valence-electron chi connectivity index (χ3n) is 1.09. The van der Waals surface area contributed by atoms with E-state index in [0.717, 1.165) is 12.8 Å². The van der Waals surface area contributed by atoms with Gasteiger partial charge in [0.25, 0.3) is 0 Å². The van der Waals surface area contributed by atoms with Crippen LogP contribution in [0.2, 0.25) is 0 Å². The summed E-state index contributed by atoms with van der Waals surface area (Å²) in [4.78, 5) is 0. The first kappa shape index (κ1) is 7.52. The Labute approximate surface area is 50.7 Å². The van der Waals surface area contributed by atoms with Crippen LogP contribution < -0.4 is 0 Å². The smallest absolute Gasteiger partial charge is 0.0456 e. The van der Waals surface area contributed by atoms with Crippen LogP contribution in [0.1, 0.15) is 19.8 Å². The summed E-state index contributed by atoms with van der Waals surface area (Å²) in [5, 5.41) is 8.49. The van der Waals surface area contributed by atoms with Gasteiger partial charge in [0.05, 0.1) is 0 Å². The summed E-state index contributed by atoms with van der Waals surface area (Å²) in [6.07, 6.45) is 6.72. The minimum absolute atomic E-state index is 0.252. The van der Waals surface area contributed by atoms with E-state index in [1.54, 1.807) is 0 Å². The number of hydrogen-bond acceptors (Lipinski definition) is 1. The van der Waals surface area contributed by atoms with Crippen LogP contribution in [-0.4, -0.2) is 11.7 Å². The zero-order valence-electron chi connectivity index (χ0n) is 5.22. The lowest BCUT2D eigenvalue weighted by atomic mass is 10.1. The maximum absolute atomic E-state index is 8.49. The Morgan fingerprint density at radius 2 is 2.38 bits per heavy atom.